The Morgan fingerprint density at radius 2 is 2.06 bits per heavy atom. The molecule has 3 heteroatoms. The van der Waals surface area contributed by atoms with Gasteiger partial charge in [0.1, 0.15) is 5.82 Å². The van der Waals surface area contributed by atoms with Crippen LogP contribution in [0.3, 0.4) is 0 Å². The fourth-order valence-corrected chi connectivity index (χ4v) is 2.09. The molecule has 0 radical (unpaired) electrons. The third-order valence-corrected chi connectivity index (χ3v) is 3.08. The summed E-state index contributed by atoms with van der Waals surface area (Å²) in [5.74, 6) is 1.63. The molecule has 1 heterocycles. The van der Waals surface area contributed by atoms with Crippen LogP contribution >= 0.6 is 0 Å². The van der Waals surface area contributed by atoms with Crippen LogP contribution in [0.25, 0.3) is 0 Å². The number of nitrogens with zero attached hydrogens (tertiary/aromatic N) is 2. The molecule has 2 aromatic rings. The smallest absolute Gasteiger partial charge is 0.111 e. The highest BCUT2D eigenvalue weighted by Gasteiger charge is 2.06. The number of anilines is 1. The van der Waals surface area contributed by atoms with Crippen molar-refractivity contribution in [2.24, 2.45) is 0 Å². The molecular formula is C15H21N3. The molecule has 0 fully saturated rings. The van der Waals surface area contributed by atoms with Crippen LogP contribution in [0.1, 0.15) is 31.2 Å². The van der Waals surface area contributed by atoms with Gasteiger partial charge in [0.05, 0.1) is 0 Å². The lowest BCUT2D eigenvalue weighted by Crippen LogP contribution is -2.13. The minimum atomic E-state index is 0.471. The maximum absolute atomic E-state index is 4.39. The summed E-state index contributed by atoms with van der Waals surface area (Å²) in [5.41, 5.74) is 2.50. The van der Waals surface area contributed by atoms with Crippen molar-refractivity contribution < 1.29 is 0 Å². The Labute approximate surface area is 109 Å². The van der Waals surface area contributed by atoms with E-state index >= 15 is 0 Å². The summed E-state index contributed by atoms with van der Waals surface area (Å²) in [6.45, 7) is 8.34. The predicted octanol–water partition coefficient (Wildman–Crippen LogP) is 3.43. The monoisotopic (exact) mass is 243 g/mol. The van der Waals surface area contributed by atoms with E-state index in [-0.39, 0.29) is 0 Å². The van der Waals surface area contributed by atoms with Crippen molar-refractivity contribution in [3.05, 3.63) is 48.0 Å². The van der Waals surface area contributed by atoms with E-state index in [1.807, 2.05) is 6.20 Å². The summed E-state index contributed by atoms with van der Waals surface area (Å²) < 4.78 is 2.22. The van der Waals surface area contributed by atoms with Gasteiger partial charge in [-0.1, -0.05) is 32.0 Å². The Bertz CT molecular complexity index is 500. The molecule has 0 amide bonds. The number of para-hydroxylation sites is 1. The molecule has 0 spiro atoms. The second-order valence-corrected chi connectivity index (χ2v) is 4.88. The zero-order chi connectivity index (χ0) is 13.0. The quantitative estimate of drug-likeness (QED) is 0.872. The maximum atomic E-state index is 4.39. The molecule has 0 aliphatic heterocycles. The molecule has 0 aliphatic rings. The summed E-state index contributed by atoms with van der Waals surface area (Å²) >= 11 is 0. The van der Waals surface area contributed by atoms with Crippen LogP contribution in [0.4, 0.5) is 5.69 Å². The minimum Gasteiger partial charge on any atom is -0.383 e. The van der Waals surface area contributed by atoms with E-state index in [1.54, 1.807) is 0 Å². The number of aromatic nitrogens is 2. The van der Waals surface area contributed by atoms with Crippen LogP contribution in [0.15, 0.2) is 36.7 Å². The first-order valence-electron chi connectivity index (χ1n) is 6.49. The van der Waals surface area contributed by atoms with Crippen molar-refractivity contribution in [2.75, 3.05) is 11.9 Å². The van der Waals surface area contributed by atoms with E-state index in [0.717, 1.165) is 18.9 Å². The Kier molecular flexibility index (Phi) is 4.03. The first-order chi connectivity index (χ1) is 8.68. The fourth-order valence-electron chi connectivity index (χ4n) is 2.09. The van der Waals surface area contributed by atoms with Gasteiger partial charge in [-0.05, 0) is 18.6 Å². The second-order valence-electron chi connectivity index (χ2n) is 4.88. The Balaban J connectivity index is 1.93. The van der Waals surface area contributed by atoms with Gasteiger partial charge in [-0.15, -0.1) is 0 Å². The van der Waals surface area contributed by atoms with E-state index in [0.29, 0.717) is 5.92 Å². The van der Waals surface area contributed by atoms with E-state index < -0.39 is 0 Å². The zero-order valence-electron chi connectivity index (χ0n) is 11.4. The fraction of sp³-hybridized carbons (Fsp3) is 0.400. The van der Waals surface area contributed by atoms with Gasteiger partial charge in [0.25, 0.3) is 0 Å². The maximum Gasteiger partial charge on any atom is 0.111 e. The number of aryl methyl sites for hydroxylation is 1. The number of rotatable bonds is 5. The van der Waals surface area contributed by atoms with Crippen LogP contribution in [-0.4, -0.2) is 16.1 Å². The topological polar surface area (TPSA) is 29.9 Å². The van der Waals surface area contributed by atoms with Crippen LogP contribution < -0.4 is 5.32 Å². The molecule has 18 heavy (non-hydrogen) atoms. The molecule has 1 N–H and O–H groups in total. The summed E-state index contributed by atoms with van der Waals surface area (Å²) in [6, 6.07) is 8.37. The number of nitrogens with one attached hydrogen (secondary N) is 1. The highest BCUT2D eigenvalue weighted by molar-refractivity contribution is 5.50. The molecule has 2 rings (SSSR count). The molecule has 0 atom stereocenters. The Morgan fingerprint density at radius 3 is 2.78 bits per heavy atom. The minimum absolute atomic E-state index is 0.471. The van der Waals surface area contributed by atoms with Gasteiger partial charge < -0.3 is 9.88 Å². The van der Waals surface area contributed by atoms with Crippen LogP contribution in [0.2, 0.25) is 0 Å². The first-order valence-corrected chi connectivity index (χ1v) is 6.49. The third kappa shape index (κ3) is 2.92. The van der Waals surface area contributed by atoms with Gasteiger partial charge in [0.2, 0.25) is 0 Å². The normalized spacial score (nSPS) is 10.9. The molecule has 1 aromatic carbocycles. The van der Waals surface area contributed by atoms with Crippen LogP contribution in [0, 0.1) is 6.92 Å². The Morgan fingerprint density at radius 1 is 1.28 bits per heavy atom. The highest BCUT2D eigenvalue weighted by Crippen LogP contribution is 2.14. The summed E-state index contributed by atoms with van der Waals surface area (Å²) in [5, 5.41) is 3.47. The number of hydrogen-bond donors (Lipinski definition) is 1. The molecule has 0 saturated heterocycles. The van der Waals surface area contributed by atoms with E-state index in [2.05, 4.69) is 66.1 Å². The Hall–Kier alpha value is -1.77. The predicted molar refractivity (Wildman–Crippen MR) is 76.0 cm³/mol. The van der Waals surface area contributed by atoms with E-state index in [4.69, 9.17) is 0 Å². The van der Waals surface area contributed by atoms with Gasteiger partial charge in [-0.25, -0.2) is 4.98 Å². The summed E-state index contributed by atoms with van der Waals surface area (Å²) in [4.78, 5) is 4.39. The number of hydrogen-bond acceptors (Lipinski definition) is 2. The van der Waals surface area contributed by atoms with Gasteiger partial charge >= 0.3 is 0 Å². The number of imidazole rings is 1. The first kappa shape index (κ1) is 12.7. The van der Waals surface area contributed by atoms with Gasteiger partial charge in [0, 0.05) is 37.1 Å². The second kappa shape index (κ2) is 5.71. The molecule has 0 aliphatic carbocycles. The van der Waals surface area contributed by atoms with Gasteiger partial charge in [0.15, 0.2) is 0 Å². The summed E-state index contributed by atoms with van der Waals surface area (Å²) in [6.07, 6.45) is 3.93. The zero-order valence-corrected chi connectivity index (χ0v) is 11.4. The van der Waals surface area contributed by atoms with Crippen molar-refractivity contribution in [3.8, 4) is 0 Å². The van der Waals surface area contributed by atoms with Crippen LogP contribution in [0.5, 0.6) is 0 Å². The average Bonchev–Trinajstić information content (AvgIpc) is 2.80. The van der Waals surface area contributed by atoms with Crippen molar-refractivity contribution >= 4 is 5.69 Å². The van der Waals surface area contributed by atoms with Crippen molar-refractivity contribution in [3.63, 3.8) is 0 Å². The van der Waals surface area contributed by atoms with Gasteiger partial charge in [-0.3, -0.25) is 0 Å². The summed E-state index contributed by atoms with van der Waals surface area (Å²) in [7, 11) is 0. The highest BCUT2D eigenvalue weighted by atomic mass is 15.1. The molecular weight excluding hydrogens is 222 g/mol. The number of benzene rings is 1. The average molecular weight is 243 g/mol. The lowest BCUT2D eigenvalue weighted by molar-refractivity contribution is 0.637. The van der Waals surface area contributed by atoms with Gasteiger partial charge in [-0.2, -0.15) is 0 Å². The molecule has 0 saturated carbocycles. The largest absolute Gasteiger partial charge is 0.383 e. The lowest BCUT2D eigenvalue weighted by atomic mass is 10.2. The molecule has 0 bridgehead atoms. The third-order valence-electron chi connectivity index (χ3n) is 3.08. The van der Waals surface area contributed by atoms with E-state index in [9.17, 15) is 0 Å². The molecule has 96 valence electrons. The SMILES string of the molecule is Cc1ccccc1NCCn1ccnc1C(C)C. The lowest BCUT2D eigenvalue weighted by Gasteiger charge is -2.12. The van der Waals surface area contributed by atoms with Crippen molar-refractivity contribution in [1.29, 1.82) is 0 Å². The van der Waals surface area contributed by atoms with Crippen molar-refractivity contribution in [1.82, 2.24) is 9.55 Å². The molecule has 3 nitrogen and oxygen atoms in total. The van der Waals surface area contributed by atoms with Crippen molar-refractivity contribution in [2.45, 2.75) is 33.2 Å². The standard InChI is InChI=1S/C15H21N3/c1-12(2)15-17-9-11-18(15)10-8-16-14-7-5-4-6-13(14)3/h4-7,9,11-12,16H,8,10H2,1-3H3. The van der Waals surface area contributed by atoms with Crippen LogP contribution in [-0.2, 0) is 6.54 Å². The molecule has 1 aromatic heterocycles. The molecule has 0 unspecified atom stereocenters. The van der Waals surface area contributed by atoms with E-state index in [1.165, 1.54) is 11.3 Å².